The lowest BCUT2D eigenvalue weighted by atomic mass is 10.2. The van der Waals surface area contributed by atoms with Gasteiger partial charge in [0.25, 0.3) is 5.91 Å². The van der Waals surface area contributed by atoms with E-state index in [0.717, 1.165) is 13.0 Å². The van der Waals surface area contributed by atoms with Crippen LogP contribution in [0.3, 0.4) is 0 Å². The van der Waals surface area contributed by atoms with E-state index in [9.17, 15) is 4.79 Å². The molecule has 0 atom stereocenters. The monoisotopic (exact) mass is 435 g/mol. The highest BCUT2D eigenvalue weighted by atomic mass is 16.5. The molecule has 0 unspecified atom stereocenters. The number of hydrogen-bond acceptors (Lipinski definition) is 9. The molecule has 0 bridgehead atoms. The summed E-state index contributed by atoms with van der Waals surface area (Å²) in [5, 5.41) is 0. The number of anilines is 2. The van der Waals surface area contributed by atoms with Crippen molar-refractivity contribution in [2.45, 2.75) is 6.42 Å². The number of nitrogens with zero attached hydrogens (tertiary/aromatic N) is 6. The van der Waals surface area contributed by atoms with E-state index in [1.54, 1.807) is 56.7 Å². The summed E-state index contributed by atoms with van der Waals surface area (Å²) in [6.45, 7) is 2.74. The first-order valence-corrected chi connectivity index (χ1v) is 10.3. The SMILES string of the molecule is CN(C)C(=O)c1ccc(Oc2nc(-c3ccc(N)nc3)nc(N3CCCOCC3)n2)cc1. The van der Waals surface area contributed by atoms with Crippen LogP contribution in [0.2, 0.25) is 0 Å². The molecule has 0 aliphatic carbocycles. The van der Waals surface area contributed by atoms with Crippen molar-refractivity contribution in [2.75, 3.05) is 51.0 Å². The number of amides is 1. The highest BCUT2D eigenvalue weighted by Crippen LogP contribution is 2.25. The van der Waals surface area contributed by atoms with Crippen LogP contribution < -0.4 is 15.4 Å². The number of nitrogens with two attached hydrogens (primary N) is 1. The summed E-state index contributed by atoms with van der Waals surface area (Å²) in [4.78, 5) is 33.4. The van der Waals surface area contributed by atoms with E-state index in [1.807, 2.05) is 0 Å². The number of carbonyl (C=O) groups is 1. The molecule has 4 rings (SSSR count). The Bertz CT molecular complexity index is 1060. The molecular weight excluding hydrogens is 410 g/mol. The van der Waals surface area contributed by atoms with Crippen LogP contribution in [0.1, 0.15) is 16.8 Å². The van der Waals surface area contributed by atoms with E-state index in [1.165, 1.54) is 4.90 Å². The van der Waals surface area contributed by atoms with Crippen molar-refractivity contribution >= 4 is 17.7 Å². The second-order valence-corrected chi connectivity index (χ2v) is 7.49. The largest absolute Gasteiger partial charge is 0.424 e. The fraction of sp³-hybridized carbons (Fsp3) is 0.318. The lowest BCUT2D eigenvalue weighted by Gasteiger charge is -2.20. The Morgan fingerprint density at radius 2 is 1.88 bits per heavy atom. The van der Waals surface area contributed by atoms with Gasteiger partial charge in [-0.1, -0.05) is 0 Å². The summed E-state index contributed by atoms with van der Waals surface area (Å²) in [5.41, 5.74) is 6.98. The highest BCUT2D eigenvalue weighted by Gasteiger charge is 2.18. The highest BCUT2D eigenvalue weighted by molar-refractivity contribution is 5.93. The van der Waals surface area contributed by atoms with E-state index in [2.05, 4.69) is 24.8 Å². The first kappa shape index (κ1) is 21.4. The predicted molar refractivity (Wildman–Crippen MR) is 120 cm³/mol. The molecule has 10 heteroatoms. The maximum absolute atomic E-state index is 12.1. The Labute approximate surface area is 186 Å². The fourth-order valence-corrected chi connectivity index (χ4v) is 3.17. The third-order valence-corrected chi connectivity index (χ3v) is 4.87. The van der Waals surface area contributed by atoms with Crippen molar-refractivity contribution in [1.29, 1.82) is 0 Å². The molecule has 0 radical (unpaired) electrons. The average Bonchev–Trinajstić information content (AvgIpc) is 3.09. The van der Waals surface area contributed by atoms with Crippen LogP contribution in [0.25, 0.3) is 11.4 Å². The van der Waals surface area contributed by atoms with Gasteiger partial charge in [0.15, 0.2) is 5.82 Å². The van der Waals surface area contributed by atoms with Gasteiger partial charge >= 0.3 is 6.01 Å². The number of pyridine rings is 1. The van der Waals surface area contributed by atoms with Crippen molar-refractivity contribution in [1.82, 2.24) is 24.8 Å². The van der Waals surface area contributed by atoms with Crippen molar-refractivity contribution in [3.05, 3.63) is 48.2 Å². The molecule has 1 amide bonds. The summed E-state index contributed by atoms with van der Waals surface area (Å²) in [6.07, 6.45) is 2.49. The van der Waals surface area contributed by atoms with Gasteiger partial charge in [0.2, 0.25) is 5.95 Å². The summed E-state index contributed by atoms with van der Waals surface area (Å²) in [5.74, 6) is 1.78. The molecule has 0 spiro atoms. The molecule has 0 saturated carbocycles. The molecule has 3 aromatic rings. The van der Waals surface area contributed by atoms with Crippen LogP contribution in [-0.2, 0) is 4.74 Å². The standard InChI is InChI=1S/C22H25N7O3/c1-28(2)20(30)15-4-7-17(8-5-15)32-22-26-19(16-6-9-18(23)24-14-16)25-21(27-22)29-10-3-12-31-13-11-29/h4-9,14H,3,10-13H2,1-2H3,(H2,23,24). The van der Waals surface area contributed by atoms with Gasteiger partial charge in [-0.3, -0.25) is 4.79 Å². The molecular formula is C22H25N7O3. The van der Waals surface area contributed by atoms with Crippen molar-refractivity contribution < 1.29 is 14.3 Å². The van der Waals surface area contributed by atoms with E-state index < -0.39 is 0 Å². The Morgan fingerprint density at radius 3 is 2.59 bits per heavy atom. The number of aromatic nitrogens is 4. The molecule has 1 aliphatic heterocycles. The summed E-state index contributed by atoms with van der Waals surface area (Å²) in [6, 6.07) is 10.5. The third kappa shape index (κ3) is 5.09. The summed E-state index contributed by atoms with van der Waals surface area (Å²) >= 11 is 0. The molecule has 1 fully saturated rings. The maximum atomic E-state index is 12.1. The Kier molecular flexibility index (Phi) is 6.41. The molecule has 2 N–H and O–H groups in total. The minimum Gasteiger partial charge on any atom is -0.424 e. The zero-order chi connectivity index (χ0) is 22.5. The van der Waals surface area contributed by atoms with Gasteiger partial charge in [-0.15, -0.1) is 0 Å². The molecule has 1 saturated heterocycles. The fourth-order valence-electron chi connectivity index (χ4n) is 3.17. The molecule has 2 aromatic heterocycles. The normalized spacial score (nSPS) is 14.0. The molecule has 32 heavy (non-hydrogen) atoms. The Balaban J connectivity index is 1.65. The lowest BCUT2D eigenvalue weighted by molar-refractivity contribution is 0.0827. The number of hydrogen-bond donors (Lipinski definition) is 1. The first-order valence-electron chi connectivity index (χ1n) is 10.3. The first-order chi connectivity index (χ1) is 15.5. The number of rotatable bonds is 5. The van der Waals surface area contributed by atoms with Gasteiger partial charge < -0.3 is 25.0 Å². The minimum atomic E-state index is -0.0829. The Morgan fingerprint density at radius 1 is 1.06 bits per heavy atom. The predicted octanol–water partition coefficient (Wildman–Crippen LogP) is 2.24. The van der Waals surface area contributed by atoms with Crippen LogP contribution in [0.5, 0.6) is 11.8 Å². The zero-order valence-corrected chi connectivity index (χ0v) is 18.1. The molecule has 3 heterocycles. The lowest BCUT2D eigenvalue weighted by Crippen LogP contribution is -2.28. The molecule has 1 aliphatic rings. The number of carbonyl (C=O) groups excluding carboxylic acids is 1. The Hall–Kier alpha value is -3.79. The van der Waals surface area contributed by atoms with Gasteiger partial charge in [-0.25, -0.2) is 4.98 Å². The van der Waals surface area contributed by atoms with E-state index in [0.29, 0.717) is 54.2 Å². The number of benzene rings is 1. The average molecular weight is 435 g/mol. The summed E-state index contributed by atoms with van der Waals surface area (Å²) in [7, 11) is 3.42. The maximum Gasteiger partial charge on any atom is 0.327 e. The van der Waals surface area contributed by atoms with Crippen LogP contribution in [-0.4, -0.2) is 71.1 Å². The molecule has 1 aromatic carbocycles. The van der Waals surface area contributed by atoms with E-state index in [4.69, 9.17) is 15.2 Å². The van der Waals surface area contributed by atoms with Crippen molar-refractivity contribution in [3.8, 4) is 23.1 Å². The number of nitrogen functional groups attached to an aromatic ring is 1. The second-order valence-electron chi connectivity index (χ2n) is 7.49. The second kappa shape index (κ2) is 9.56. The third-order valence-electron chi connectivity index (χ3n) is 4.87. The van der Waals surface area contributed by atoms with Crippen LogP contribution >= 0.6 is 0 Å². The van der Waals surface area contributed by atoms with Gasteiger partial charge in [0.1, 0.15) is 11.6 Å². The smallest absolute Gasteiger partial charge is 0.327 e. The zero-order valence-electron chi connectivity index (χ0n) is 18.1. The van der Waals surface area contributed by atoms with Gasteiger partial charge in [0.05, 0.1) is 6.61 Å². The quantitative estimate of drug-likeness (QED) is 0.643. The van der Waals surface area contributed by atoms with E-state index in [-0.39, 0.29) is 11.9 Å². The minimum absolute atomic E-state index is 0.0829. The topological polar surface area (TPSA) is 120 Å². The van der Waals surface area contributed by atoms with Crippen molar-refractivity contribution in [2.24, 2.45) is 0 Å². The van der Waals surface area contributed by atoms with Crippen LogP contribution in [0.15, 0.2) is 42.6 Å². The van der Waals surface area contributed by atoms with Gasteiger partial charge in [-0.2, -0.15) is 15.0 Å². The molecule has 10 nitrogen and oxygen atoms in total. The van der Waals surface area contributed by atoms with Gasteiger partial charge in [-0.05, 0) is 42.8 Å². The van der Waals surface area contributed by atoms with Gasteiger partial charge in [0, 0.05) is 51.1 Å². The summed E-state index contributed by atoms with van der Waals surface area (Å²) < 4.78 is 11.5. The van der Waals surface area contributed by atoms with E-state index >= 15 is 0 Å². The van der Waals surface area contributed by atoms with Crippen molar-refractivity contribution in [3.63, 3.8) is 0 Å². The van der Waals surface area contributed by atoms with Crippen LogP contribution in [0.4, 0.5) is 11.8 Å². The van der Waals surface area contributed by atoms with Crippen LogP contribution in [0, 0.1) is 0 Å². The molecule has 166 valence electrons. The number of ether oxygens (including phenoxy) is 2.